The Balaban J connectivity index is 1.17. The average Bonchev–Trinajstić information content (AvgIpc) is 3.84. The van der Waals surface area contributed by atoms with Crippen LogP contribution in [-0.2, 0) is 0 Å². The van der Waals surface area contributed by atoms with Crippen LogP contribution in [-0.4, -0.2) is 19.9 Å². The third-order valence-corrected chi connectivity index (χ3v) is 12.2. The van der Waals surface area contributed by atoms with E-state index in [-0.39, 0.29) is 0 Å². The van der Waals surface area contributed by atoms with Crippen LogP contribution in [0, 0.1) is 0 Å². The molecule has 260 valence electrons. The smallest absolute Gasteiger partial charge is 0.164 e. The van der Waals surface area contributed by atoms with Gasteiger partial charge in [0.05, 0.1) is 0 Å². The highest BCUT2D eigenvalue weighted by molar-refractivity contribution is 7.25. The second-order valence-corrected chi connectivity index (χ2v) is 15.3. The predicted molar refractivity (Wildman–Crippen MR) is 232 cm³/mol. The lowest BCUT2D eigenvalue weighted by Gasteiger charge is -2.14. The van der Waals surface area contributed by atoms with Gasteiger partial charge in [-0.1, -0.05) is 97.1 Å². The zero-order valence-electron chi connectivity index (χ0n) is 29.8. The molecule has 0 radical (unpaired) electrons. The Morgan fingerprint density at radius 2 is 1.05 bits per heavy atom. The Bertz CT molecular complexity index is 3550. The molecule has 0 bridgehead atoms. The van der Waals surface area contributed by atoms with Crippen LogP contribution >= 0.6 is 11.3 Å². The highest BCUT2D eigenvalue weighted by Crippen LogP contribution is 2.43. The number of nitrogens with zero attached hydrogens (tertiary/aromatic N) is 4. The molecule has 6 heteroatoms. The van der Waals surface area contributed by atoms with Gasteiger partial charge in [-0.15, -0.1) is 11.3 Å². The van der Waals surface area contributed by atoms with Crippen LogP contribution in [0.15, 0.2) is 175 Å². The van der Waals surface area contributed by atoms with Gasteiger partial charge in [-0.3, -0.25) is 4.98 Å². The molecule has 0 N–H and O–H groups in total. The fourth-order valence-electron chi connectivity index (χ4n) is 8.45. The summed E-state index contributed by atoms with van der Waals surface area (Å²) < 4.78 is 9.15. The first-order valence-electron chi connectivity index (χ1n) is 18.6. The van der Waals surface area contributed by atoms with E-state index in [0.717, 1.165) is 65.9 Å². The summed E-state index contributed by atoms with van der Waals surface area (Å²) >= 11 is 1.80. The van der Waals surface area contributed by atoms with Gasteiger partial charge in [0.2, 0.25) is 0 Å². The molecule has 0 aliphatic heterocycles. The number of pyridine rings is 1. The Kier molecular flexibility index (Phi) is 6.73. The van der Waals surface area contributed by atoms with Gasteiger partial charge in [-0.2, -0.15) is 0 Å². The van der Waals surface area contributed by atoms with Crippen LogP contribution in [0.3, 0.4) is 0 Å². The summed E-state index contributed by atoms with van der Waals surface area (Å²) in [4.78, 5) is 20.3. The van der Waals surface area contributed by atoms with E-state index in [1.807, 2.05) is 36.7 Å². The minimum absolute atomic E-state index is 0.584. The van der Waals surface area contributed by atoms with E-state index in [0.29, 0.717) is 17.5 Å². The maximum Gasteiger partial charge on any atom is 0.164 e. The quantitative estimate of drug-likeness (QED) is 0.169. The molecule has 0 atom stereocenters. The lowest BCUT2D eigenvalue weighted by atomic mass is 9.93. The van der Waals surface area contributed by atoms with Crippen molar-refractivity contribution in [1.82, 2.24) is 19.9 Å². The van der Waals surface area contributed by atoms with Crippen LogP contribution in [0.1, 0.15) is 0 Å². The minimum Gasteiger partial charge on any atom is -0.455 e. The Morgan fingerprint density at radius 3 is 1.93 bits per heavy atom. The molecule has 0 unspecified atom stereocenters. The number of para-hydroxylation sites is 1. The van der Waals surface area contributed by atoms with Crippen molar-refractivity contribution < 1.29 is 4.42 Å². The van der Waals surface area contributed by atoms with Crippen LogP contribution in [0.25, 0.3) is 120 Å². The molecule has 0 saturated carbocycles. The van der Waals surface area contributed by atoms with Crippen molar-refractivity contribution in [3.05, 3.63) is 170 Å². The Hall–Kier alpha value is -7.28. The van der Waals surface area contributed by atoms with Gasteiger partial charge in [0.1, 0.15) is 11.2 Å². The molecule has 0 aliphatic carbocycles. The third kappa shape index (κ3) is 4.73. The fraction of sp³-hybridized carbons (Fsp3) is 0. The van der Waals surface area contributed by atoms with E-state index >= 15 is 0 Å². The van der Waals surface area contributed by atoms with Crippen molar-refractivity contribution in [2.75, 3.05) is 0 Å². The van der Waals surface area contributed by atoms with Crippen LogP contribution in [0.4, 0.5) is 0 Å². The standard InChI is InChI=1S/C50H28N4OS/c1-2-10-33-29(9-1)17-18-31-27-41(35-11-3-4-13-37(35)45(31)33)50-53-48(32-19-22-44-40(28-32)36-12-6-8-16-43(36)56-44)52-49(54-50)39-21-20-34(30-23-25-51-26-24-30)47-46(39)38-14-5-7-15-42(38)55-47/h1-28H. The van der Waals surface area contributed by atoms with Crippen molar-refractivity contribution in [3.8, 4) is 45.3 Å². The van der Waals surface area contributed by atoms with Gasteiger partial charge < -0.3 is 4.42 Å². The number of aromatic nitrogens is 4. The van der Waals surface area contributed by atoms with Gasteiger partial charge in [0.15, 0.2) is 17.5 Å². The van der Waals surface area contributed by atoms with Crippen LogP contribution < -0.4 is 0 Å². The summed E-state index contributed by atoms with van der Waals surface area (Å²) in [7, 11) is 0. The van der Waals surface area contributed by atoms with Crippen LogP contribution in [0.5, 0.6) is 0 Å². The number of rotatable bonds is 4. The van der Waals surface area contributed by atoms with Gasteiger partial charge in [0.25, 0.3) is 0 Å². The van der Waals surface area contributed by atoms with Crippen LogP contribution in [0.2, 0.25) is 0 Å². The molecule has 12 rings (SSSR count). The lowest BCUT2D eigenvalue weighted by Crippen LogP contribution is -2.01. The van der Waals surface area contributed by atoms with E-state index in [1.54, 1.807) is 11.3 Å². The highest BCUT2D eigenvalue weighted by atomic mass is 32.1. The summed E-state index contributed by atoms with van der Waals surface area (Å²) in [5.41, 5.74) is 6.37. The van der Waals surface area contributed by atoms with Crippen molar-refractivity contribution in [2.45, 2.75) is 0 Å². The van der Waals surface area contributed by atoms with Crippen molar-refractivity contribution in [3.63, 3.8) is 0 Å². The number of fused-ring (bicyclic) bond motifs is 11. The summed E-state index contributed by atoms with van der Waals surface area (Å²) in [5, 5.41) is 11.5. The van der Waals surface area contributed by atoms with Gasteiger partial charge in [0, 0.05) is 65.6 Å². The molecule has 0 spiro atoms. The molecular formula is C50H28N4OS. The summed E-state index contributed by atoms with van der Waals surface area (Å²) in [6, 6.07) is 55.5. The fourth-order valence-corrected chi connectivity index (χ4v) is 9.53. The summed E-state index contributed by atoms with van der Waals surface area (Å²) in [6.45, 7) is 0. The highest BCUT2D eigenvalue weighted by Gasteiger charge is 2.22. The maximum absolute atomic E-state index is 6.66. The van der Waals surface area contributed by atoms with Crippen molar-refractivity contribution >= 4 is 85.8 Å². The zero-order chi connectivity index (χ0) is 36.7. The molecule has 0 saturated heterocycles. The third-order valence-electron chi connectivity index (χ3n) is 11.0. The second kappa shape index (κ2) is 12.1. The number of furan rings is 1. The Labute approximate surface area is 324 Å². The van der Waals surface area contributed by atoms with E-state index in [4.69, 9.17) is 19.4 Å². The topological polar surface area (TPSA) is 64.7 Å². The molecule has 0 fully saturated rings. The van der Waals surface area contributed by atoms with E-state index in [2.05, 4.69) is 138 Å². The zero-order valence-corrected chi connectivity index (χ0v) is 30.6. The molecular weight excluding hydrogens is 705 g/mol. The van der Waals surface area contributed by atoms with Crippen molar-refractivity contribution in [2.24, 2.45) is 0 Å². The number of thiophene rings is 1. The molecule has 12 aromatic rings. The van der Waals surface area contributed by atoms with E-state index in [1.165, 1.54) is 36.3 Å². The molecule has 0 aliphatic rings. The van der Waals surface area contributed by atoms with Crippen molar-refractivity contribution in [1.29, 1.82) is 0 Å². The first kappa shape index (κ1) is 31.1. The molecule has 5 nitrogen and oxygen atoms in total. The summed E-state index contributed by atoms with van der Waals surface area (Å²) in [5.74, 6) is 1.82. The molecule has 8 aromatic carbocycles. The van der Waals surface area contributed by atoms with Gasteiger partial charge in [-0.25, -0.2) is 15.0 Å². The number of hydrogen-bond acceptors (Lipinski definition) is 6. The van der Waals surface area contributed by atoms with E-state index < -0.39 is 0 Å². The largest absolute Gasteiger partial charge is 0.455 e. The van der Waals surface area contributed by atoms with Gasteiger partial charge >= 0.3 is 0 Å². The Morgan fingerprint density at radius 1 is 0.393 bits per heavy atom. The SMILES string of the molecule is c1ccc2c(c1)ccc1cc(-c3nc(-c4ccc5sc6ccccc6c5c4)nc(-c4ccc(-c5ccncc5)c5oc6ccccc6c45)n3)c3ccccc3c12. The summed E-state index contributed by atoms with van der Waals surface area (Å²) in [6.07, 6.45) is 3.62. The maximum atomic E-state index is 6.66. The second-order valence-electron chi connectivity index (χ2n) is 14.2. The minimum atomic E-state index is 0.584. The average molecular weight is 733 g/mol. The predicted octanol–water partition coefficient (Wildman–Crippen LogP) is 13.7. The number of hydrogen-bond donors (Lipinski definition) is 0. The molecule has 4 aromatic heterocycles. The lowest BCUT2D eigenvalue weighted by molar-refractivity contribution is 0.670. The number of benzene rings is 8. The normalized spacial score (nSPS) is 11.9. The molecule has 0 amide bonds. The molecule has 56 heavy (non-hydrogen) atoms. The monoisotopic (exact) mass is 732 g/mol. The first-order chi connectivity index (χ1) is 27.7. The van der Waals surface area contributed by atoms with Gasteiger partial charge in [-0.05, 0) is 98.5 Å². The first-order valence-corrected chi connectivity index (χ1v) is 19.4. The molecule has 4 heterocycles. The van der Waals surface area contributed by atoms with E-state index in [9.17, 15) is 0 Å².